The summed E-state index contributed by atoms with van der Waals surface area (Å²) in [7, 11) is 0. The number of hydrogen-bond donors (Lipinski definition) is 1. The van der Waals surface area contributed by atoms with Crippen molar-refractivity contribution in [1.82, 2.24) is 4.98 Å². The number of nitrogens with zero attached hydrogens (tertiary/aromatic N) is 1. The Balaban J connectivity index is 2.14. The van der Waals surface area contributed by atoms with E-state index in [0.717, 1.165) is 29.3 Å². The number of thioether (sulfide) groups is 1. The Morgan fingerprint density at radius 3 is 2.73 bits per heavy atom. The van der Waals surface area contributed by atoms with E-state index in [1.165, 1.54) is 4.88 Å². The van der Waals surface area contributed by atoms with Crippen LogP contribution in [0.2, 0.25) is 0 Å². The minimum absolute atomic E-state index is 0.335. The summed E-state index contributed by atoms with van der Waals surface area (Å²) in [4.78, 5) is 5.77. The lowest BCUT2D eigenvalue weighted by Gasteiger charge is -2.25. The lowest BCUT2D eigenvalue weighted by atomic mass is 9.94. The minimum Gasteiger partial charge on any atom is -0.388 e. The van der Waals surface area contributed by atoms with Crippen LogP contribution in [-0.4, -0.2) is 26.7 Å². The van der Waals surface area contributed by atoms with Crippen LogP contribution < -0.4 is 0 Å². The molecular formula is C11H17NOS2. The third-order valence-electron chi connectivity index (χ3n) is 3.19. The highest BCUT2D eigenvalue weighted by Crippen LogP contribution is 2.38. The number of hydrogen-bond acceptors (Lipinski definition) is 4. The van der Waals surface area contributed by atoms with Gasteiger partial charge in [0.2, 0.25) is 0 Å². The van der Waals surface area contributed by atoms with Gasteiger partial charge >= 0.3 is 0 Å². The van der Waals surface area contributed by atoms with Crippen molar-refractivity contribution in [3.05, 3.63) is 15.6 Å². The molecule has 0 saturated carbocycles. The van der Waals surface area contributed by atoms with Gasteiger partial charge in [-0.2, -0.15) is 11.8 Å². The van der Waals surface area contributed by atoms with Crippen molar-refractivity contribution in [2.75, 3.05) is 5.75 Å². The number of thiazole rings is 1. The van der Waals surface area contributed by atoms with Crippen molar-refractivity contribution < 1.29 is 5.11 Å². The zero-order chi connectivity index (χ0) is 11.1. The molecule has 1 fully saturated rings. The molecule has 1 aliphatic heterocycles. The second-order valence-corrected chi connectivity index (χ2v) is 7.03. The maximum atomic E-state index is 10.5. The molecule has 0 aromatic carbocycles. The summed E-state index contributed by atoms with van der Waals surface area (Å²) in [5, 5.41) is 11.9. The smallest absolute Gasteiger partial charge is 0.0959 e. The van der Waals surface area contributed by atoms with Crippen molar-refractivity contribution in [2.24, 2.45) is 0 Å². The molecule has 84 valence electrons. The fourth-order valence-corrected chi connectivity index (χ4v) is 4.27. The Labute approximate surface area is 99.1 Å². The molecule has 1 aliphatic rings. The predicted molar refractivity (Wildman–Crippen MR) is 66.8 cm³/mol. The first-order valence-corrected chi connectivity index (χ1v) is 7.15. The first-order valence-electron chi connectivity index (χ1n) is 5.28. The minimum atomic E-state index is -0.526. The predicted octanol–water partition coefficient (Wildman–Crippen LogP) is 2.56. The summed E-state index contributed by atoms with van der Waals surface area (Å²) in [6.45, 7) is 6.24. The fraction of sp³-hybridized carbons (Fsp3) is 0.727. The summed E-state index contributed by atoms with van der Waals surface area (Å²) in [5.74, 6) is 1.07. The molecule has 0 spiro atoms. The number of aliphatic hydroxyl groups is 1. The van der Waals surface area contributed by atoms with E-state index in [4.69, 9.17) is 0 Å². The third-order valence-corrected chi connectivity index (χ3v) is 5.64. The lowest BCUT2D eigenvalue weighted by molar-refractivity contribution is 0.0464. The molecule has 2 rings (SSSR count). The standard InChI is InChI=1S/C11H17NOS2/c1-7-8(2)15-10(12-7)6-11(13)4-5-14-9(11)3/h9,13H,4-6H2,1-3H3. The van der Waals surface area contributed by atoms with Crippen LogP contribution in [-0.2, 0) is 6.42 Å². The largest absolute Gasteiger partial charge is 0.388 e. The van der Waals surface area contributed by atoms with E-state index in [9.17, 15) is 5.11 Å². The van der Waals surface area contributed by atoms with Crippen LogP contribution in [0.3, 0.4) is 0 Å². The summed E-state index contributed by atoms with van der Waals surface area (Å²) in [6, 6.07) is 0. The summed E-state index contributed by atoms with van der Waals surface area (Å²) in [5.41, 5.74) is 0.582. The van der Waals surface area contributed by atoms with Crippen molar-refractivity contribution in [2.45, 2.75) is 44.5 Å². The molecule has 1 aromatic heterocycles. The van der Waals surface area contributed by atoms with E-state index in [2.05, 4.69) is 18.8 Å². The van der Waals surface area contributed by atoms with E-state index in [0.29, 0.717) is 5.25 Å². The maximum absolute atomic E-state index is 10.5. The molecule has 1 N–H and O–H groups in total. The Kier molecular flexibility index (Phi) is 3.10. The Bertz CT molecular complexity index is 344. The molecule has 0 radical (unpaired) electrons. The Hall–Kier alpha value is -0.0600. The molecule has 1 aromatic rings. The fourth-order valence-electron chi connectivity index (χ4n) is 1.88. The molecule has 0 bridgehead atoms. The highest BCUT2D eigenvalue weighted by atomic mass is 32.2. The lowest BCUT2D eigenvalue weighted by Crippen LogP contribution is -2.36. The van der Waals surface area contributed by atoms with Gasteiger partial charge in [0.25, 0.3) is 0 Å². The SMILES string of the molecule is Cc1nc(CC2(O)CCSC2C)sc1C. The van der Waals surface area contributed by atoms with E-state index in [1.807, 2.05) is 18.7 Å². The van der Waals surface area contributed by atoms with Gasteiger partial charge < -0.3 is 5.11 Å². The van der Waals surface area contributed by atoms with E-state index in [1.54, 1.807) is 11.3 Å². The molecule has 15 heavy (non-hydrogen) atoms. The highest BCUT2D eigenvalue weighted by Gasteiger charge is 2.39. The van der Waals surface area contributed by atoms with Gasteiger partial charge in [-0.1, -0.05) is 6.92 Å². The van der Waals surface area contributed by atoms with Crippen molar-refractivity contribution in [3.63, 3.8) is 0 Å². The van der Waals surface area contributed by atoms with E-state index < -0.39 is 5.60 Å². The van der Waals surface area contributed by atoms with Crippen LogP contribution in [0.4, 0.5) is 0 Å². The number of aryl methyl sites for hydroxylation is 2. The molecule has 4 heteroatoms. The first kappa shape index (κ1) is 11.4. The molecule has 1 saturated heterocycles. The van der Waals surface area contributed by atoms with Crippen molar-refractivity contribution in [3.8, 4) is 0 Å². The summed E-state index contributed by atoms with van der Waals surface area (Å²) < 4.78 is 0. The first-order chi connectivity index (χ1) is 7.01. The zero-order valence-electron chi connectivity index (χ0n) is 9.41. The summed E-state index contributed by atoms with van der Waals surface area (Å²) in [6.07, 6.45) is 1.62. The van der Waals surface area contributed by atoms with Gasteiger partial charge in [0.15, 0.2) is 0 Å². The van der Waals surface area contributed by atoms with Gasteiger partial charge in [-0.25, -0.2) is 4.98 Å². The van der Waals surface area contributed by atoms with Gasteiger partial charge in [-0.15, -0.1) is 11.3 Å². The molecular weight excluding hydrogens is 226 g/mol. The van der Waals surface area contributed by atoms with Gasteiger partial charge in [0, 0.05) is 16.5 Å². The van der Waals surface area contributed by atoms with Crippen LogP contribution in [0, 0.1) is 13.8 Å². The molecule has 0 aliphatic carbocycles. The Morgan fingerprint density at radius 2 is 2.27 bits per heavy atom. The average molecular weight is 243 g/mol. The van der Waals surface area contributed by atoms with Gasteiger partial charge in [-0.3, -0.25) is 0 Å². The molecule has 0 amide bonds. The van der Waals surface area contributed by atoms with Crippen LogP contribution >= 0.6 is 23.1 Å². The maximum Gasteiger partial charge on any atom is 0.0959 e. The second-order valence-electron chi connectivity index (χ2n) is 4.29. The van der Waals surface area contributed by atoms with Crippen molar-refractivity contribution >= 4 is 23.1 Å². The summed E-state index contributed by atoms with van der Waals surface area (Å²) >= 11 is 3.58. The quantitative estimate of drug-likeness (QED) is 0.866. The van der Waals surface area contributed by atoms with Gasteiger partial charge in [0.05, 0.1) is 16.3 Å². The van der Waals surface area contributed by atoms with Crippen LogP contribution in [0.25, 0.3) is 0 Å². The van der Waals surface area contributed by atoms with Crippen LogP contribution in [0.15, 0.2) is 0 Å². The average Bonchev–Trinajstić information content (AvgIpc) is 2.60. The highest BCUT2D eigenvalue weighted by molar-refractivity contribution is 8.00. The van der Waals surface area contributed by atoms with E-state index >= 15 is 0 Å². The molecule has 2 unspecified atom stereocenters. The van der Waals surface area contributed by atoms with Crippen LogP contribution in [0.1, 0.15) is 28.9 Å². The number of aromatic nitrogens is 1. The van der Waals surface area contributed by atoms with Crippen LogP contribution in [0.5, 0.6) is 0 Å². The monoisotopic (exact) mass is 243 g/mol. The van der Waals surface area contributed by atoms with Gasteiger partial charge in [0.1, 0.15) is 0 Å². The van der Waals surface area contributed by atoms with E-state index in [-0.39, 0.29) is 0 Å². The Morgan fingerprint density at radius 1 is 1.53 bits per heavy atom. The van der Waals surface area contributed by atoms with Crippen molar-refractivity contribution in [1.29, 1.82) is 0 Å². The molecule has 2 nitrogen and oxygen atoms in total. The van der Waals surface area contributed by atoms with Gasteiger partial charge in [-0.05, 0) is 26.0 Å². The zero-order valence-corrected chi connectivity index (χ0v) is 11.0. The third kappa shape index (κ3) is 2.22. The molecule has 2 atom stereocenters. The topological polar surface area (TPSA) is 33.1 Å². The normalized spacial score (nSPS) is 31.1. The number of rotatable bonds is 2. The molecule has 2 heterocycles. The second kappa shape index (κ2) is 4.07.